The predicted octanol–water partition coefficient (Wildman–Crippen LogP) is 3.98. The lowest BCUT2D eigenvalue weighted by Gasteiger charge is -2.00. The highest BCUT2D eigenvalue weighted by Crippen LogP contribution is 2.09. The topological polar surface area (TPSA) is 26.0 Å². The Kier molecular flexibility index (Phi) is 18.8. The van der Waals surface area contributed by atoms with Crippen LogP contribution in [0, 0.1) is 0 Å². The fourth-order valence-corrected chi connectivity index (χ4v) is 1.63. The second kappa shape index (κ2) is 15.8. The maximum Gasteiger partial charge on any atom is -0.00773 e. The molecule has 0 saturated heterocycles. The summed E-state index contributed by atoms with van der Waals surface area (Å²) in [5, 5.41) is 0. The van der Waals surface area contributed by atoms with E-state index in [9.17, 15) is 0 Å². The van der Waals surface area contributed by atoms with E-state index in [1.54, 1.807) is 0 Å². The molecule has 14 heavy (non-hydrogen) atoms. The smallest absolute Gasteiger partial charge is 0.00773 e. The van der Waals surface area contributed by atoms with Crippen LogP contribution < -0.4 is 5.73 Å². The summed E-state index contributed by atoms with van der Waals surface area (Å²) >= 11 is 0. The Balaban J connectivity index is 0. The molecular weight excluding hydrogens is 190 g/mol. The first-order valence-electron chi connectivity index (χ1n) is 6.12. The van der Waals surface area contributed by atoms with Gasteiger partial charge in [0.25, 0.3) is 0 Å². The van der Waals surface area contributed by atoms with Crippen LogP contribution in [0.2, 0.25) is 0 Å². The van der Waals surface area contributed by atoms with Gasteiger partial charge in [-0.05, 0) is 13.0 Å². The van der Waals surface area contributed by atoms with Gasteiger partial charge in [-0.1, -0.05) is 64.7 Å². The van der Waals surface area contributed by atoms with Gasteiger partial charge < -0.3 is 5.73 Å². The fraction of sp³-hybridized carbons (Fsp3) is 1.00. The molecule has 0 bridgehead atoms. The third kappa shape index (κ3) is 14.8. The summed E-state index contributed by atoms with van der Waals surface area (Å²) in [5.74, 6) is 0. The molecule has 0 aliphatic heterocycles. The summed E-state index contributed by atoms with van der Waals surface area (Å²) in [7, 11) is 0. The minimum atomic E-state index is 0. The molecule has 2 heteroatoms. The second-order valence-corrected chi connectivity index (χ2v) is 3.97. The molecule has 1 nitrogen and oxygen atoms in total. The van der Waals surface area contributed by atoms with E-state index in [1.165, 1.54) is 64.2 Å². The van der Waals surface area contributed by atoms with Gasteiger partial charge in [0.05, 0.1) is 0 Å². The van der Waals surface area contributed by atoms with Crippen molar-refractivity contribution < 1.29 is 0 Å². The summed E-state index contributed by atoms with van der Waals surface area (Å²) in [5.41, 5.74) is 5.42. The highest BCUT2D eigenvalue weighted by molar-refractivity contribution is 7.59. The Hall–Kier alpha value is 0.310. The van der Waals surface area contributed by atoms with Gasteiger partial charge in [0.1, 0.15) is 0 Å². The van der Waals surface area contributed by atoms with E-state index in [1.807, 2.05) is 0 Å². The second-order valence-electron chi connectivity index (χ2n) is 3.97. The molecule has 88 valence electrons. The molecule has 0 fully saturated rings. The number of unbranched alkanes of at least 4 members (excludes halogenated alkanes) is 9. The van der Waals surface area contributed by atoms with Crippen LogP contribution in [0.1, 0.15) is 71.1 Å². The van der Waals surface area contributed by atoms with Gasteiger partial charge in [0, 0.05) is 0 Å². The zero-order valence-corrected chi connectivity index (χ0v) is 10.9. The summed E-state index contributed by atoms with van der Waals surface area (Å²) in [4.78, 5) is 0. The molecule has 0 heterocycles. The van der Waals surface area contributed by atoms with Crippen LogP contribution in [0.25, 0.3) is 0 Å². The molecule has 0 unspecified atom stereocenters. The third-order valence-electron chi connectivity index (χ3n) is 2.56. The lowest BCUT2D eigenvalue weighted by atomic mass is 10.1. The molecule has 0 rings (SSSR count). The van der Waals surface area contributed by atoms with Gasteiger partial charge in [-0.3, -0.25) is 0 Å². The van der Waals surface area contributed by atoms with Gasteiger partial charge in [-0.2, -0.15) is 13.5 Å². The maximum atomic E-state index is 5.42. The van der Waals surface area contributed by atoms with Crippen LogP contribution in [-0.4, -0.2) is 6.54 Å². The Labute approximate surface area is 97.3 Å². The van der Waals surface area contributed by atoms with Crippen LogP contribution in [-0.2, 0) is 0 Å². The van der Waals surface area contributed by atoms with Gasteiger partial charge in [0.2, 0.25) is 0 Å². The molecule has 0 aromatic rings. The van der Waals surface area contributed by atoms with Crippen molar-refractivity contribution in [3.8, 4) is 0 Å². The molecule has 0 aromatic heterocycles. The molecule has 0 atom stereocenters. The van der Waals surface area contributed by atoms with E-state index in [2.05, 4.69) is 6.92 Å². The van der Waals surface area contributed by atoms with Crippen LogP contribution in [0.5, 0.6) is 0 Å². The largest absolute Gasteiger partial charge is 0.330 e. The van der Waals surface area contributed by atoms with E-state index in [-0.39, 0.29) is 13.5 Å². The van der Waals surface area contributed by atoms with Crippen molar-refractivity contribution in [3.05, 3.63) is 0 Å². The van der Waals surface area contributed by atoms with Crippen molar-refractivity contribution in [3.63, 3.8) is 0 Å². The Morgan fingerprint density at radius 3 is 1.36 bits per heavy atom. The summed E-state index contributed by atoms with van der Waals surface area (Å²) < 4.78 is 0. The normalized spacial score (nSPS) is 9.86. The Bertz CT molecular complexity index is 76.4. The molecule has 0 saturated carbocycles. The molecule has 0 aliphatic rings. The van der Waals surface area contributed by atoms with E-state index in [4.69, 9.17) is 5.73 Å². The van der Waals surface area contributed by atoms with Gasteiger partial charge >= 0.3 is 0 Å². The quantitative estimate of drug-likeness (QED) is 0.553. The summed E-state index contributed by atoms with van der Waals surface area (Å²) in [6, 6.07) is 0. The monoisotopic (exact) mass is 219 g/mol. The van der Waals surface area contributed by atoms with Gasteiger partial charge in [-0.25, -0.2) is 0 Å². The van der Waals surface area contributed by atoms with Crippen molar-refractivity contribution in [2.45, 2.75) is 71.1 Å². The molecular formula is C12H29NS. The minimum absolute atomic E-state index is 0. The van der Waals surface area contributed by atoms with Crippen molar-refractivity contribution in [1.82, 2.24) is 0 Å². The molecule has 0 amide bonds. The zero-order chi connectivity index (χ0) is 9.78. The van der Waals surface area contributed by atoms with Crippen molar-refractivity contribution in [1.29, 1.82) is 0 Å². The lowest BCUT2D eigenvalue weighted by Crippen LogP contribution is -1.97. The Morgan fingerprint density at radius 2 is 1.00 bits per heavy atom. The van der Waals surface area contributed by atoms with Crippen molar-refractivity contribution in [2.24, 2.45) is 5.73 Å². The first-order chi connectivity index (χ1) is 6.41. The standard InChI is InChI=1S/C12H27N.H2S/c1-2-3-4-5-6-7-8-9-10-11-12-13;/h2-13H2,1H3;1H2. The zero-order valence-electron chi connectivity index (χ0n) is 9.86. The average Bonchev–Trinajstić information content (AvgIpc) is 2.16. The predicted molar refractivity (Wildman–Crippen MR) is 71.3 cm³/mol. The number of nitrogens with two attached hydrogens (primary N) is 1. The van der Waals surface area contributed by atoms with Gasteiger partial charge in [0.15, 0.2) is 0 Å². The van der Waals surface area contributed by atoms with E-state index >= 15 is 0 Å². The minimum Gasteiger partial charge on any atom is -0.330 e. The summed E-state index contributed by atoms with van der Waals surface area (Å²) in [6.07, 6.45) is 13.9. The van der Waals surface area contributed by atoms with Crippen LogP contribution in [0.4, 0.5) is 0 Å². The van der Waals surface area contributed by atoms with E-state index in [0.717, 1.165) is 6.54 Å². The number of rotatable bonds is 10. The first kappa shape index (κ1) is 16.7. The molecule has 2 N–H and O–H groups in total. The average molecular weight is 219 g/mol. The highest BCUT2D eigenvalue weighted by atomic mass is 32.1. The molecule has 0 radical (unpaired) electrons. The molecule has 0 spiro atoms. The van der Waals surface area contributed by atoms with Crippen molar-refractivity contribution >= 4 is 13.5 Å². The molecule has 0 aromatic carbocycles. The van der Waals surface area contributed by atoms with Crippen LogP contribution in [0.15, 0.2) is 0 Å². The number of hydrogen-bond acceptors (Lipinski definition) is 1. The number of hydrogen-bond donors (Lipinski definition) is 1. The summed E-state index contributed by atoms with van der Waals surface area (Å²) in [6.45, 7) is 3.14. The van der Waals surface area contributed by atoms with Crippen LogP contribution >= 0.6 is 13.5 Å². The van der Waals surface area contributed by atoms with E-state index in [0.29, 0.717) is 0 Å². The van der Waals surface area contributed by atoms with Crippen LogP contribution in [0.3, 0.4) is 0 Å². The Morgan fingerprint density at radius 1 is 0.643 bits per heavy atom. The van der Waals surface area contributed by atoms with Crippen molar-refractivity contribution in [2.75, 3.05) is 6.54 Å². The maximum absolute atomic E-state index is 5.42. The fourth-order valence-electron chi connectivity index (χ4n) is 1.63. The SMILES string of the molecule is CCCCCCCCCCCCN.S. The molecule has 0 aliphatic carbocycles. The van der Waals surface area contributed by atoms with E-state index < -0.39 is 0 Å². The highest BCUT2D eigenvalue weighted by Gasteiger charge is 1.90. The van der Waals surface area contributed by atoms with Gasteiger partial charge in [-0.15, -0.1) is 0 Å². The third-order valence-corrected chi connectivity index (χ3v) is 2.56. The first-order valence-corrected chi connectivity index (χ1v) is 6.12. The lowest BCUT2D eigenvalue weighted by molar-refractivity contribution is 0.558.